The van der Waals surface area contributed by atoms with Crippen LogP contribution in [-0.2, 0) is 0 Å². The summed E-state index contributed by atoms with van der Waals surface area (Å²) in [6.07, 6.45) is 2.17. The molecule has 1 aromatic carbocycles. The molecule has 4 nitrogen and oxygen atoms in total. The van der Waals surface area contributed by atoms with Gasteiger partial charge in [0.25, 0.3) is 5.91 Å². The number of nitrogen functional groups attached to an aromatic ring is 1. The number of hydrogen-bond donors (Lipinski definition) is 2. The minimum absolute atomic E-state index is 0.0355. The van der Waals surface area contributed by atoms with Gasteiger partial charge in [-0.15, -0.1) is 11.3 Å². The lowest BCUT2D eigenvalue weighted by molar-refractivity contribution is 0.0917. The molecule has 3 N–H and O–H groups in total. The molecule has 1 unspecified atom stereocenters. The number of fused-ring (bicyclic) bond motifs is 1. The van der Waals surface area contributed by atoms with Gasteiger partial charge in [0.15, 0.2) is 0 Å². The van der Waals surface area contributed by atoms with Crippen LogP contribution in [0.5, 0.6) is 0 Å². The predicted octanol–water partition coefficient (Wildman–Crippen LogP) is 2.62. The molecule has 1 aliphatic heterocycles. The number of likely N-dealkylation sites (tertiary alicyclic amines) is 1. The van der Waals surface area contributed by atoms with Gasteiger partial charge < -0.3 is 16.0 Å². The fraction of sp³-hybridized carbons (Fsp3) is 0.438. The number of nitrogens with one attached hydrogen (secondary N) is 1. The van der Waals surface area contributed by atoms with Gasteiger partial charge in [0, 0.05) is 22.7 Å². The summed E-state index contributed by atoms with van der Waals surface area (Å²) < 4.78 is 1.07. The molecular formula is C16H21N3OS. The van der Waals surface area contributed by atoms with E-state index in [1.54, 1.807) is 0 Å². The van der Waals surface area contributed by atoms with Gasteiger partial charge in [-0.25, -0.2) is 0 Å². The summed E-state index contributed by atoms with van der Waals surface area (Å²) >= 11 is 1.48. The number of likely N-dealkylation sites (N-methyl/N-ethyl adjacent to an activating group) is 1. The Balaban J connectivity index is 1.82. The number of piperidine rings is 1. The molecule has 1 amide bonds. The molecule has 1 aliphatic rings. The molecule has 1 aromatic heterocycles. The van der Waals surface area contributed by atoms with E-state index in [1.165, 1.54) is 11.3 Å². The highest BCUT2D eigenvalue weighted by atomic mass is 32.1. The van der Waals surface area contributed by atoms with E-state index in [2.05, 4.69) is 23.3 Å². The molecule has 0 saturated carbocycles. The molecule has 112 valence electrons. The Morgan fingerprint density at radius 3 is 3.05 bits per heavy atom. The number of hydrogen-bond acceptors (Lipinski definition) is 4. The van der Waals surface area contributed by atoms with Crippen LogP contribution in [0.2, 0.25) is 0 Å². The Bertz CT molecular complexity index is 679. The molecule has 0 aliphatic carbocycles. The molecule has 21 heavy (non-hydrogen) atoms. The second-order valence-corrected chi connectivity index (χ2v) is 6.97. The quantitative estimate of drug-likeness (QED) is 0.896. The van der Waals surface area contributed by atoms with Gasteiger partial charge in [0.1, 0.15) is 4.88 Å². The Hall–Kier alpha value is -1.59. The molecule has 3 rings (SSSR count). The van der Waals surface area contributed by atoms with Gasteiger partial charge >= 0.3 is 0 Å². The Morgan fingerprint density at radius 2 is 2.29 bits per heavy atom. The van der Waals surface area contributed by atoms with Crippen LogP contribution in [-0.4, -0.2) is 37.0 Å². The van der Waals surface area contributed by atoms with E-state index in [-0.39, 0.29) is 11.9 Å². The summed E-state index contributed by atoms with van der Waals surface area (Å²) in [6, 6.07) is 6.36. The van der Waals surface area contributed by atoms with Crippen LogP contribution < -0.4 is 11.1 Å². The first-order valence-electron chi connectivity index (χ1n) is 7.32. The highest BCUT2D eigenvalue weighted by Crippen LogP contribution is 2.34. The van der Waals surface area contributed by atoms with E-state index in [0.29, 0.717) is 10.6 Å². The van der Waals surface area contributed by atoms with Gasteiger partial charge in [0.05, 0.1) is 5.69 Å². The molecule has 2 heterocycles. The summed E-state index contributed by atoms with van der Waals surface area (Å²) in [5.41, 5.74) is 7.95. The molecule has 1 atom stereocenters. The van der Waals surface area contributed by atoms with Crippen LogP contribution >= 0.6 is 11.3 Å². The van der Waals surface area contributed by atoms with Gasteiger partial charge in [-0.05, 0) is 45.5 Å². The zero-order chi connectivity index (χ0) is 15.0. The van der Waals surface area contributed by atoms with Crippen molar-refractivity contribution in [3.63, 3.8) is 0 Å². The minimum atomic E-state index is -0.0355. The summed E-state index contributed by atoms with van der Waals surface area (Å²) in [6.45, 7) is 4.06. The first-order valence-corrected chi connectivity index (χ1v) is 8.14. The number of aryl methyl sites for hydroxylation is 1. The number of carbonyl (C=O) groups is 1. The molecule has 1 fully saturated rings. The maximum Gasteiger partial charge on any atom is 0.263 e. The van der Waals surface area contributed by atoms with Crippen LogP contribution in [0.25, 0.3) is 10.1 Å². The maximum atomic E-state index is 12.5. The monoisotopic (exact) mass is 303 g/mol. The van der Waals surface area contributed by atoms with E-state index in [0.717, 1.165) is 41.6 Å². The van der Waals surface area contributed by atoms with E-state index in [1.807, 2.05) is 19.1 Å². The number of nitrogens with two attached hydrogens (primary N) is 1. The summed E-state index contributed by atoms with van der Waals surface area (Å²) in [4.78, 5) is 15.4. The second-order valence-electron chi connectivity index (χ2n) is 5.92. The smallest absolute Gasteiger partial charge is 0.263 e. The van der Waals surface area contributed by atoms with E-state index < -0.39 is 0 Å². The van der Waals surface area contributed by atoms with Crippen LogP contribution in [0, 0.1) is 6.92 Å². The maximum absolute atomic E-state index is 12.5. The van der Waals surface area contributed by atoms with E-state index >= 15 is 0 Å². The van der Waals surface area contributed by atoms with Crippen LogP contribution in [0.4, 0.5) is 5.69 Å². The topological polar surface area (TPSA) is 58.4 Å². The largest absolute Gasteiger partial charge is 0.397 e. The molecule has 1 saturated heterocycles. The number of amides is 1. The average molecular weight is 303 g/mol. The molecule has 0 bridgehead atoms. The zero-order valence-electron chi connectivity index (χ0n) is 12.5. The van der Waals surface area contributed by atoms with Crippen LogP contribution in [0.3, 0.4) is 0 Å². The van der Waals surface area contributed by atoms with Crippen LogP contribution in [0.1, 0.15) is 28.1 Å². The Morgan fingerprint density at radius 1 is 1.48 bits per heavy atom. The fourth-order valence-electron chi connectivity index (χ4n) is 2.93. The molecule has 0 spiro atoms. The van der Waals surface area contributed by atoms with Gasteiger partial charge in [-0.2, -0.15) is 0 Å². The second kappa shape index (κ2) is 5.66. The van der Waals surface area contributed by atoms with Crippen molar-refractivity contribution < 1.29 is 4.79 Å². The summed E-state index contributed by atoms with van der Waals surface area (Å²) in [5.74, 6) is -0.0355. The van der Waals surface area contributed by atoms with E-state index in [4.69, 9.17) is 5.73 Å². The van der Waals surface area contributed by atoms with Crippen molar-refractivity contribution in [2.45, 2.75) is 25.8 Å². The Kier molecular flexibility index (Phi) is 3.87. The number of benzene rings is 1. The lowest BCUT2D eigenvalue weighted by Gasteiger charge is -2.30. The molecule has 0 radical (unpaired) electrons. The van der Waals surface area contributed by atoms with E-state index in [9.17, 15) is 4.79 Å². The predicted molar refractivity (Wildman–Crippen MR) is 89.0 cm³/mol. The minimum Gasteiger partial charge on any atom is -0.397 e. The number of rotatable bonds is 2. The first-order chi connectivity index (χ1) is 10.0. The Labute approximate surface area is 128 Å². The van der Waals surface area contributed by atoms with Gasteiger partial charge in [-0.1, -0.05) is 11.6 Å². The number of nitrogens with zero attached hydrogens (tertiary/aromatic N) is 1. The van der Waals surface area contributed by atoms with Crippen molar-refractivity contribution in [2.24, 2.45) is 0 Å². The summed E-state index contributed by atoms with van der Waals surface area (Å²) in [7, 11) is 2.09. The standard InChI is InChI=1S/C16H21N3OS/c1-10-5-6-13-12(8-10)14(17)15(21-13)16(20)18-11-4-3-7-19(2)9-11/h5-6,8,11H,3-4,7,9,17H2,1-2H3,(H,18,20). The van der Waals surface area contributed by atoms with Gasteiger partial charge in [-0.3, -0.25) is 4.79 Å². The molecule has 2 aromatic rings. The number of thiophene rings is 1. The highest BCUT2D eigenvalue weighted by Gasteiger charge is 2.22. The zero-order valence-corrected chi connectivity index (χ0v) is 13.3. The summed E-state index contributed by atoms with van der Waals surface area (Å²) in [5, 5.41) is 4.12. The average Bonchev–Trinajstić information content (AvgIpc) is 2.76. The third-order valence-electron chi connectivity index (χ3n) is 4.05. The number of anilines is 1. The van der Waals surface area contributed by atoms with Gasteiger partial charge in [0.2, 0.25) is 0 Å². The fourth-order valence-corrected chi connectivity index (χ4v) is 3.94. The van der Waals surface area contributed by atoms with Crippen molar-refractivity contribution in [3.05, 3.63) is 28.6 Å². The van der Waals surface area contributed by atoms with Crippen LogP contribution in [0.15, 0.2) is 18.2 Å². The highest BCUT2D eigenvalue weighted by molar-refractivity contribution is 7.21. The van der Waals surface area contributed by atoms with Crippen molar-refractivity contribution in [2.75, 3.05) is 25.9 Å². The molecule has 5 heteroatoms. The SMILES string of the molecule is Cc1ccc2sc(C(=O)NC3CCCN(C)C3)c(N)c2c1. The lowest BCUT2D eigenvalue weighted by Crippen LogP contribution is -2.46. The third kappa shape index (κ3) is 2.89. The third-order valence-corrected chi connectivity index (χ3v) is 5.23. The van der Waals surface area contributed by atoms with Crippen molar-refractivity contribution in [1.82, 2.24) is 10.2 Å². The van der Waals surface area contributed by atoms with Crippen molar-refractivity contribution in [1.29, 1.82) is 0 Å². The van der Waals surface area contributed by atoms with Crippen molar-refractivity contribution in [3.8, 4) is 0 Å². The number of carbonyl (C=O) groups excluding carboxylic acids is 1. The molecular weight excluding hydrogens is 282 g/mol. The lowest BCUT2D eigenvalue weighted by atomic mass is 10.1. The normalized spacial score (nSPS) is 19.8. The first kappa shape index (κ1) is 14.4. The van der Waals surface area contributed by atoms with Crippen molar-refractivity contribution >= 4 is 33.0 Å².